The summed E-state index contributed by atoms with van der Waals surface area (Å²) in [7, 11) is 0. The highest BCUT2D eigenvalue weighted by Crippen LogP contribution is 2.35. The van der Waals surface area contributed by atoms with E-state index in [0.717, 1.165) is 22.6 Å². The van der Waals surface area contributed by atoms with Crippen molar-refractivity contribution in [1.82, 2.24) is 0 Å². The number of ether oxygens (including phenoxy) is 1. The lowest BCUT2D eigenvalue weighted by molar-refractivity contribution is 0.106. The van der Waals surface area contributed by atoms with Crippen LogP contribution in [0, 0.1) is 0 Å². The Labute approximate surface area is 156 Å². The van der Waals surface area contributed by atoms with Crippen LogP contribution in [0.2, 0.25) is 0 Å². The van der Waals surface area contributed by atoms with Gasteiger partial charge in [0.25, 0.3) is 0 Å². The first-order valence-electron chi connectivity index (χ1n) is 8.92. The first-order chi connectivity index (χ1) is 11.9. The van der Waals surface area contributed by atoms with Crippen molar-refractivity contribution in [2.45, 2.75) is 50.5 Å². The molecule has 3 aromatic rings. The van der Waals surface area contributed by atoms with E-state index in [1.165, 1.54) is 16.3 Å². The van der Waals surface area contributed by atoms with E-state index in [2.05, 4.69) is 88.4 Å². The molecule has 0 N–H and O–H groups in total. The fraction of sp³-hybridized carbons (Fsp3) is 0.304. The Hall–Kier alpha value is -1.93. The van der Waals surface area contributed by atoms with E-state index < -0.39 is 5.60 Å². The summed E-state index contributed by atoms with van der Waals surface area (Å²) in [5, 5.41) is 2.41. The maximum atomic E-state index is 6.34. The van der Waals surface area contributed by atoms with Gasteiger partial charge in [0.1, 0.15) is 11.4 Å². The van der Waals surface area contributed by atoms with Gasteiger partial charge < -0.3 is 4.74 Å². The zero-order valence-corrected chi connectivity index (χ0v) is 16.3. The van der Waals surface area contributed by atoms with Crippen molar-refractivity contribution in [2.24, 2.45) is 0 Å². The highest BCUT2D eigenvalue weighted by Gasteiger charge is 2.25. The smallest absolute Gasteiger partial charge is 0.129 e. The number of thiol groups is 1. The Kier molecular flexibility index (Phi) is 5.10. The minimum absolute atomic E-state index is 0.459. The maximum absolute atomic E-state index is 6.34. The van der Waals surface area contributed by atoms with Gasteiger partial charge in [-0.2, -0.15) is 0 Å². The van der Waals surface area contributed by atoms with Crippen LogP contribution >= 0.6 is 12.6 Å². The van der Waals surface area contributed by atoms with Gasteiger partial charge in [0.05, 0.1) is 0 Å². The van der Waals surface area contributed by atoms with Crippen molar-refractivity contribution in [3.05, 3.63) is 71.8 Å². The Morgan fingerprint density at radius 1 is 0.960 bits per heavy atom. The second-order valence-corrected chi connectivity index (χ2v) is 7.69. The van der Waals surface area contributed by atoms with Gasteiger partial charge in [-0.15, -0.1) is 12.6 Å². The average molecular weight is 351 g/mol. The molecule has 0 saturated heterocycles. The molecule has 0 aromatic heterocycles. The van der Waals surface area contributed by atoms with E-state index in [-0.39, 0.29) is 0 Å². The highest BCUT2D eigenvalue weighted by atomic mass is 32.1. The Balaban J connectivity index is 1.90. The minimum Gasteiger partial charge on any atom is -0.483 e. The average Bonchev–Trinajstić information content (AvgIpc) is 2.60. The van der Waals surface area contributed by atoms with Crippen LogP contribution in [-0.2, 0) is 5.60 Å². The van der Waals surface area contributed by atoms with Crippen LogP contribution in [0.5, 0.6) is 5.75 Å². The van der Waals surface area contributed by atoms with Gasteiger partial charge in [-0.1, -0.05) is 50.2 Å². The molecule has 0 heterocycles. The van der Waals surface area contributed by atoms with E-state index in [0.29, 0.717) is 5.92 Å². The summed E-state index contributed by atoms with van der Waals surface area (Å²) in [6.07, 6.45) is 1.14. The molecule has 0 aliphatic rings. The number of hydrogen-bond donors (Lipinski definition) is 1. The third kappa shape index (κ3) is 3.85. The maximum Gasteiger partial charge on any atom is 0.129 e. The highest BCUT2D eigenvalue weighted by molar-refractivity contribution is 7.80. The molecule has 0 radical (unpaired) electrons. The minimum atomic E-state index is -0.459. The van der Waals surface area contributed by atoms with Crippen LogP contribution in [0.15, 0.2) is 65.6 Å². The van der Waals surface area contributed by atoms with Gasteiger partial charge >= 0.3 is 0 Å². The molecule has 0 bridgehead atoms. The summed E-state index contributed by atoms with van der Waals surface area (Å²) in [4.78, 5) is 0.958. The third-order valence-corrected chi connectivity index (χ3v) is 5.32. The van der Waals surface area contributed by atoms with Gasteiger partial charge in [-0.3, -0.25) is 0 Å². The van der Waals surface area contributed by atoms with Crippen molar-refractivity contribution < 1.29 is 4.74 Å². The van der Waals surface area contributed by atoms with E-state index >= 15 is 0 Å². The summed E-state index contributed by atoms with van der Waals surface area (Å²) in [5.74, 6) is 1.46. The summed E-state index contributed by atoms with van der Waals surface area (Å²) < 4.78 is 6.34. The molecule has 1 nitrogen and oxygen atoms in total. The molecule has 25 heavy (non-hydrogen) atoms. The monoisotopic (exact) mass is 350 g/mol. The molecule has 0 aliphatic carbocycles. The van der Waals surface area contributed by atoms with Gasteiger partial charge in [-0.25, -0.2) is 0 Å². The van der Waals surface area contributed by atoms with Crippen LogP contribution < -0.4 is 4.74 Å². The lowest BCUT2D eigenvalue weighted by Gasteiger charge is -2.29. The molecule has 1 unspecified atom stereocenters. The zero-order valence-electron chi connectivity index (χ0n) is 15.4. The lowest BCUT2D eigenvalue weighted by Crippen LogP contribution is -2.26. The topological polar surface area (TPSA) is 9.23 Å². The first-order valence-corrected chi connectivity index (χ1v) is 9.36. The molecule has 1 atom stereocenters. The molecular weight excluding hydrogens is 324 g/mol. The largest absolute Gasteiger partial charge is 0.483 e. The molecule has 0 spiro atoms. The zero-order chi connectivity index (χ0) is 18.0. The van der Waals surface area contributed by atoms with E-state index in [1.807, 2.05) is 0 Å². The molecule has 3 rings (SSSR count). The Bertz CT molecular complexity index is 865. The Morgan fingerprint density at radius 2 is 1.56 bits per heavy atom. The van der Waals surface area contributed by atoms with E-state index in [4.69, 9.17) is 17.4 Å². The van der Waals surface area contributed by atoms with Crippen molar-refractivity contribution in [1.29, 1.82) is 0 Å². The lowest BCUT2D eigenvalue weighted by atomic mass is 9.94. The second kappa shape index (κ2) is 7.13. The molecule has 0 aliphatic heterocycles. The number of benzene rings is 3. The standard InChI is InChI=1S/C23H26OS/c1-5-16(2)17-10-12-20(13-11-17)24-23(3,4)21-14-18-8-6-7-9-19(18)15-22(21)25/h6-16,25H,5H2,1-4H3. The summed E-state index contributed by atoms with van der Waals surface area (Å²) in [5.41, 5.74) is 1.99. The van der Waals surface area contributed by atoms with Crippen molar-refractivity contribution >= 4 is 23.4 Å². The molecule has 130 valence electrons. The van der Waals surface area contributed by atoms with Crippen LogP contribution in [-0.4, -0.2) is 0 Å². The van der Waals surface area contributed by atoms with Gasteiger partial charge in [0.15, 0.2) is 0 Å². The molecular formula is C23H26OS. The van der Waals surface area contributed by atoms with Crippen molar-refractivity contribution in [3.8, 4) is 5.75 Å². The SMILES string of the molecule is CCC(C)c1ccc(OC(C)(C)c2cc3ccccc3cc2S)cc1. The molecule has 2 heteroatoms. The first kappa shape index (κ1) is 17.9. The second-order valence-electron chi connectivity index (χ2n) is 7.21. The van der Waals surface area contributed by atoms with E-state index in [9.17, 15) is 0 Å². The predicted octanol–water partition coefficient (Wildman–Crippen LogP) is 6.96. The van der Waals surface area contributed by atoms with Crippen molar-refractivity contribution in [3.63, 3.8) is 0 Å². The predicted molar refractivity (Wildman–Crippen MR) is 110 cm³/mol. The van der Waals surface area contributed by atoms with Crippen molar-refractivity contribution in [2.75, 3.05) is 0 Å². The summed E-state index contributed by atoms with van der Waals surface area (Å²) in [6.45, 7) is 8.66. The number of hydrogen-bond acceptors (Lipinski definition) is 2. The normalized spacial score (nSPS) is 13.0. The van der Waals surface area contributed by atoms with E-state index in [1.54, 1.807) is 0 Å². The van der Waals surface area contributed by atoms with Gasteiger partial charge in [-0.05, 0) is 66.8 Å². The number of rotatable bonds is 5. The Morgan fingerprint density at radius 3 is 2.16 bits per heavy atom. The van der Waals surface area contributed by atoms with Gasteiger partial charge in [0.2, 0.25) is 0 Å². The van der Waals surface area contributed by atoms with Gasteiger partial charge in [0, 0.05) is 10.5 Å². The molecule has 3 aromatic carbocycles. The number of fused-ring (bicyclic) bond motifs is 1. The molecule has 0 amide bonds. The fourth-order valence-electron chi connectivity index (χ4n) is 3.16. The van der Waals surface area contributed by atoms with Crippen LogP contribution in [0.1, 0.15) is 51.2 Å². The van der Waals surface area contributed by atoms with Crippen LogP contribution in [0.4, 0.5) is 0 Å². The molecule has 0 fully saturated rings. The van der Waals surface area contributed by atoms with Crippen LogP contribution in [0.25, 0.3) is 10.8 Å². The molecule has 0 saturated carbocycles. The van der Waals surface area contributed by atoms with Crippen LogP contribution in [0.3, 0.4) is 0 Å². The quantitative estimate of drug-likeness (QED) is 0.489. The summed E-state index contributed by atoms with van der Waals surface area (Å²) >= 11 is 4.71. The third-order valence-electron chi connectivity index (χ3n) is 4.95. The fourth-order valence-corrected chi connectivity index (χ4v) is 3.63. The summed E-state index contributed by atoms with van der Waals surface area (Å²) in [6, 6.07) is 21.1.